The van der Waals surface area contributed by atoms with E-state index in [1.807, 2.05) is 20.8 Å². The van der Waals surface area contributed by atoms with Crippen LogP contribution < -0.4 is 10.6 Å². The van der Waals surface area contributed by atoms with Crippen LogP contribution in [-0.2, 0) is 4.74 Å². The molecule has 2 rings (SSSR count). The van der Waals surface area contributed by atoms with E-state index < -0.39 is 11.7 Å². The summed E-state index contributed by atoms with van der Waals surface area (Å²) in [5, 5.41) is 6.50. The fourth-order valence-corrected chi connectivity index (χ4v) is 2.70. The fourth-order valence-electron chi connectivity index (χ4n) is 2.54. The van der Waals surface area contributed by atoms with Gasteiger partial charge in [-0.05, 0) is 52.3 Å². The number of ether oxygens (including phenoxy) is 1. The minimum Gasteiger partial charge on any atom is -0.444 e. The van der Waals surface area contributed by atoms with Crippen molar-refractivity contribution in [2.45, 2.75) is 51.3 Å². The normalized spacial score (nSPS) is 22.2. The van der Waals surface area contributed by atoms with E-state index in [1.54, 1.807) is 12.1 Å². The number of carbonyl (C=O) groups excluding carboxylic acids is 1. The molecule has 0 bridgehead atoms. The average molecular weight is 329 g/mol. The Morgan fingerprint density at radius 1 is 1.45 bits per heavy atom. The molecule has 22 heavy (non-hydrogen) atoms. The van der Waals surface area contributed by atoms with Crippen molar-refractivity contribution in [1.29, 1.82) is 0 Å². The second-order valence-electron chi connectivity index (χ2n) is 6.54. The molecule has 0 aliphatic carbocycles. The second-order valence-corrected chi connectivity index (χ2v) is 6.98. The summed E-state index contributed by atoms with van der Waals surface area (Å²) in [5.41, 5.74) is 0.0404. The van der Waals surface area contributed by atoms with Crippen LogP contribution in [0.15, 0.2) is 18.2 Å². The van der Waals surface area contributed by atoms with Gasteiger partial charge in [-0.2, -0.15) is 0 Å². The molecule has 2 unspecified atom stereocenters. The van der Waals surface area contributed by atoms with Gasteiger partial charge in [-0.1, -0.05) is 17.7 Å². The summed E-state index contributed by atoms with van der Waals surface area (Å²) in [6, 6.07) is 4.48. The molecule has 0 spiro atoms. The Morgan fingerprint density at radius 2 is 2.18 bits per heavy atom. The lowest BCUT2D eigenvalue weighted by molar-refractivity contribution is 0.0490. The number of rotatable bonds is 2. The number of amides is 1. The van der Waals surface area contributed by atoms with Crippen LogP contribution in [0, 0.1) is 5.82 Å². The number of nitrogens with one attached hydrogen (secondary N) is 2. The highest BCUT2D eigenvalue weighted by molar-refractivity contribution is 6.30. The lowest BCUT2D eigenvalue weighted by Gasteiger charge is -2.32. The zero-order valence-corrected chi connectivity index (χ0v) is 13.8. The minimum atomic E-state index is -0.529. The van der Waals surface area contributed by atoms with Gasteiger partial charge >= 0.3 is 6.09 Å². The van der Waals surface area contributed by atoms with Gasteiger partial charge < -0.3 is 15.4 Å². The highest BCUT2D eigenvalue weighted by Crippen LogP contribution is 2.27. The topological polar surface area (TPSA) is 50.4 Å². The summed E-state index contributed by atoms with van der Waals surface area (Å²) < 4.78 is 19.3. The Bertz CT molecular complexity index is 545. The first kappa shape index (κ1) is 17.0. The number of hydrogen-bond donors (Lipinski definition) is 2. The minimum absolute atomic E-state index is 0.0452. The van der Waals surface area contributed by atoms with Crippen molar-refractivity contribution in [2.75, 3.05) is 6.54 Å². The van der Waals surface area contributed by atoms with Crippen LogP contribution in [0.4, 0.5) is 9.18 Å². The predicted molar refractivity (Wildman–Crippen MR) is 84.5 cm³/mol. The third-order valence-electron chi connectivity index (χ3n) is 3.46. The molecule has 1 aromatic carbocycles. The van der Waals surface area contributed by atoms with E-state index in [-0.39, 0.29) is 17.9 Å². The van der Waals surface area contributed by atoms with Gasteiger partial charge in [-0.3, -0.25) is 0 Å². The van der Waals surface area contributed by atoms with Crippen LogP contribution >= 0.6 is 11.6 Å². The molecule has 1 aromatic rings. The lowest BCUT2D eigenvalue weighted by atomic mass is 9.93. The molecule has 4 nitrogen and oxygen atoms in total. The smallest absolute Gasteiger partial charge is 0.407 e. The molecule has 0 saturated carbocycles. The van der Waals surface area contributed by atoms with Crippen molar-refractivity contribution in [3.63, 3.8) is 0 Å². The number of hydrogen-bond acceptors (Lipinski definition) is 3. The zero-order valence-electron chi connectivity index (χ0n) is 13.1. The van der Waals surface area contributed by atoms with E-state index in [0.717, 1.165) is 6.42 Å². The molecule has 6 heteroatoms. The van der Waals surface area contributed by atoms with E-state index in [2.05, 4.69) is 10.6 Å². The third kappa shape index (κ3) is 4.85. The lowest BCUT2D eigenvalue weighted by Crippen LogP contribution is -2.45. The Kier molecular flexibility index (Phi) is 5.29. The summed E-state index contributed by atoms with van der Waals surface area (Å²) in [6.07, 6.45) is 0.956. The molecule has 1 amide bonds. The Hall–Kier alpha value is -1.33. The second kappa shape index (κ2) is 6.84. The van der Waals surface area contributed by atoms with Gasteiger partial charge in [0.25, 0.3) is 0 Å². The van der Waals surface area contributed by atoms with Crippen LogP contribution in [-0.4, -0.2) is 24.3 Å². The Balaban J connectivity index is 1.98. The Labute approximate surface area is 135 Å². The first-order valence-corrected chi connectivity index (χ1v) is 7.80. The zero-order chi connectivity index (χ0) is 16.3. The van der Waals surface area contributed by atoms with E-state index in [1.165, 1.54) is 6.07 Å². The number of benzene rings is 1. The first-order chi connectivity index (χ1) is 10.2. The van der Waals surface area contributed by atoms with Gasteiger partial charge in [-0.15, -0.1) is 0 Å². The molecule has 1 fully saturated rings. The summed E-state index contributed by atoms with van der Waals surface area (Å²) >= 11 is 5.78. The van der Waals surface area contributed by atoms with Crippen molar-refractivity contribution in [3.8, 4) is 0 Å². The van der Waals surface area contributed by atoms with E-state index in [9.17, 15) is 9.18 Å². The van der Waals surface area contributed by atoms with Crippen molar-refractivity contribution in [2.24, 2.45) is 0 Å². The van der Waals surface area contributed by atoms with Crippen molar-refractivity contribution in [1.82, 2.24) is 10.6 Å². The highest BCUT2D eigenvalue weighted by Gasteiger charge is 2.27. The molecule has 122 valence electrons. The summed E-state index contributed by atoms with van der Waals surface area (Å²) in [5.74, 6) is -0.331. The number of piperidine rings is 1. The average Bonchev–Trinajstić information content (AvgIpc) is 2.36. The third-order valence-corrected chi connectivity index (χ3v) is 3.70. The molecular formula is C16H22ClFN2O2. The van der Waals surface area contributed by atoms with Crippen molar-refractivity contribution < 1.29 is 13.9 Å². The van der Waals surface area contributed by atoms with Gasteiger partial charge in [0.05, 0.1) is 0 Å². The van der Waals surface area contributed by atoms with Crippen molar-refractivity contribution >= 4 is 17.7 Å². The standard InChI is InChI=1S/C16H22ClFN2O2/c1-16(2,3)22-15(21)20-11-6-7-19-14(9-11)12-5-4-10(17)8-13(12)18/h4-5,8,11,14,19H,6-7,9H2,1-3H3,(H,20,21). The van der Waals surface area contributed by atoms with E-state index in [0.29, 0.717) is 23.6 Å². The largest absolute Gasteiger partial charge is 0.444 e. The molecule has 2 N–H and O–H groups in total. The number of carbonyl (C=O) groups is 1. The molecule has 0 aromatic heterocycles. The monoisotopic (exact) mass is 328 g/mol. The van der Waals surface area contributed by atoms with Gasteiger partial charge in [0.2, 0.25) is 0 Å². The van der Waals surface area contributed by atoms with E-state index in [4.69, 9.17) is 16.3 Å². The van der Waals surface area contributed by atoms with Crippen LogP contribution in [0.5, 0.6) is 0 Å². The molecule has 1 saturated heterocycles. The SMILES string of the molecule is CC(C)(C)OC(=O)NC1CCNC(c2ccc(Cl)cc2F)C1. The fraction of sp³-hybridized carbons (Fsp3) is 0.562. The van der Waals surface area contributed by atoms with Crippen molar-refractivity contribution in [3.05, 3.63) is 34.6 Å². The van der Waals surface area contributed by atoms with Crippen LogP contribution in [0.2, 0.25) is 5.02 Å². The summed E-state index contributed by atoms with van der Waals surface area (Å²) in [7, 11) is 0. The molecule has 1 aliphatic heterocycles. The van der Waals surface area contributed by atoms with Gasteiger partial charge in [0.1, 0.15) is 11.4 Å². The van der Waals surface area contributed by atoms with E-state index >= 15 is 0 Å². The highest BCUT2D eigenvalue weighted by atomic mass is 35.5. The van der Waals surface area contributed by atoms with Gasteiger partial charge in [-0.25, -0.2) is 9.18 Å². The van der Waals surface area contributed by atoms with Crippen LogP contribution in [0.3, 0.4) is 0 Å². The molecule has 2 atom stereocenters. The summed E-state index contributed by atoms with van der Waals surface area (Å²) in [6.45, 7) is 6.16. The molecular weight excluding hydrogens is 307 g/mol. The first-order valence-electron chi connectivity index (χ1n) is 7.42. The van der Waals surface area contributed by atoms with Gasteiger partial charge in [0.15, 0.2) is 0 Å². The number of halogens is 2. The summed E-state index contributed by atoms with van der Waals surface area (Å²) in [4.78, 5) is 11.8. The maximum atomic E-state index is 14.0. The Morgan fingerprint density at radius 3 is 2.82 bits per heavy atom. The molecule has 1 aliphatic rings. The maximum absolute atomic E-state index is 14.0. The van der Waals surface area contributed by atoms with Gasteiger partial charge in [0, 0.05) is 22.7 Å². The maximum Gasteiger partial charge on any atom is 0.407 e. The predicted octanol–water partition coefficient (Wildman–Crippen LogP) is 3.80. The van der Waals surface area contributed by atoms with Crippen LogP contribution in [0.25, 0.3) is 0 Å². The van der Waals surface area contributed by atoms with Crippen LogP contribution in [0.1, 0.15) is 45.2 Å². The molecule has 1 heterocycles. The number of alkyl carbamates (subject to hydrolysis) is 1. The molecule has 0 radical (unpaired) electrons. The quantitative estimate of drug-likeness (QED) is 0.868.